The van der Waals surface area contributed by atoms with Crippen molar-refractivity contribution in [3.05, 3.63) is 65.9 Å². The van der Waals surface area contributed by atoms with E-state index >= 15 is 0 Å². The minimum absolute atomic E-state index is 0.0931. The van der Waals surface area contributed by atoms with Crippen molar-refractivity contribution < 1.29 is 18.0 Å². The van der Waals surface area contributed by atoms with E-state index in [-0.39, 0.29) is 23.8 Å². The Kier molecular flexibility index (Phi) is 5.22. The SMILES string of the molecule is Cc1cccnc1-c1ncccc1C(=O)N1CC2CC(Nc3cnc(C(F)(F)F)cn3)C1C2. The molecule has 170 valence electrons. The van der Waals surface area contributed by atoms with E-state index in [9.17, 15) is 18.0 Å². The zero-order chi connectivity index (χ0) is 23.2. The molecule has 0 aromatic carbocycles. The van der Waals surface area contributed by atoms with Gasteiger partial charge in [0.1, 0.15) is 11.5 Å². The molecule has 3 aromatic rings. The van der Waals surface area contributed by atoms with Crippen LogP contribution in [-0.2, 0) is 6.18 Å². The van der Waals surface area contributed by atoms with Crippen LogP contribution in [0.4, 0.5) is 19.0 Å². The fourth-order valence-electron chi connectivity index (χ4n) is 4.81. The van der Waals surface area contributed by atoms with Crippen molar-refractivity contribution in [3.8, 4) is 11.4 Å². The van der Waals surface area contributed by atoms with E-state index in [4.69, 9.17) is 0 Å². The number of alkyl halides is 3. The number of fused-ring (bicyclic) bond motifs is 2. The highest BCUT2D eigenvalue weighted by atomic mass is 19.4. The highest BCUT2D eigenvalue weighted by Crippen LogP contribution is 2.40. The summed E-state index contributed by atoms with van der Waals surface area (Å²) in [5.74, 6) is 0.454. The minimum atomic E-state index is -4.53. The fraction of sp³-hybridized carbons (Fsp3) is 0.348. The summed E-state index contributed by atoms with van der Waals surface area (Å²) in [7, 11) is 0. The minimum Gasteiger partial charge on any atom is -0.364 e. The van der Waals surface area contributed by atoms with Crippen molar-refractivity contribution >= 4 is 11.7 Å². The molecule has 2 bridgehead atoms. The maximum absolute atomic E-state index is 13.6. The first-order valence-corrected chi connectivity index (χ1v) is 10.6. The van der Waals surface area contributed by atoms with Crippen LogP contribution >= 0.6 is 0 Å². The number of rotatable bonds is 4. The molecule has 1 aliphatic carbocycles. The van der Waals surface area contributed by atoms with Crippen LogP contribution in [0.2, 0.25) is 0 Å². The molecule has 1 amide bonds. The van der Waals surface area contributed by atoms with Crippen LogP contribution in [0.5, 0.6) is 0 Å². The summed E-state index contributed by atoms with van der Waals surface area (Å²) in [4.78, 5) is 31.6. The van der Waals surface area contributed by atoms with Crippen molar-refractivity contribution in [2.45, 2.75) is 38.0 Å². The zero-order valence-corrected chi connectivity index (χ0v) is 17.8. The maximum atomic E-state index is 13.6. The number of nitrogens with zero attached hydrogens (tertiary/aromatic N) is 5. The van der Waals surface area contributed by atoms with Crippen molar-refractivity contribution in [1.82, 2.24) is 24.8 Å². The van der Waals surface area contributed by atoms with Crippen LogP contribution in [0.15, 0.2) is 49.1 Å². The number of carbonyl (C=O) groups is 1. The molecular formula is C23H21F3N6O. The third kappa shape index (κ3) is 4.01. The lowest BCUT2D eigenvalue weighted by molar-refractivity contribution is -0.141. The zero-order valence-electron chi connectivity index (χ0n) is 17.8. The van der Waals surface area contributed by atoms with Crippen molar-refractivity contribution in [3.63, 3.8) is 0 Å². The Bertz CT molecular complexity index is 1180. The number of nitrogens with one attached hydrogen (secondary N) is 1. The van der Waals surface area contributed by atoms with Crippen LogP contribution in [-0.4, -0.2) is 49.4 Å². The Labute approximate surface area is 188 Å². The third-order valence-corrected chi connectivity index (χ3v) is 6.29. The van der Waals surface area contributed by atoms with Crippen LogP contribution in [0.1, 0.15) is 34.5 Å². The quantitative estimate of drug-likeness (QED) is 0.642. The molecule has 1 N–H and O–H groups in total. The number of pyridine rings is 2. The highest BCUT2D eigenvalue weighted by Gasteiger charge is 2.47. The summed E-state index contributed by atoms with van der Waals surface area (Å²) < 4.78 is 38.3. The van der Waals surface area contributed by atoms with Gasteiger partial charge in [0.15, 0.2) is 5.69 Å². The molecule has 10 heteroatoms. The van der Waals surface area contributed by atoms with E-state index in [1.165, 1.54) is 0 Å². The molecule has 0 spiro atoms. The van der Waals surface area contributed by atoms with E-state index < -0.39 is 11.9 Å². The van der Waals surface area contributed by atoms with Gasteiger partial charge in [-0.05, 0) is 49.4 Å². The predicted molar refractivity (Wildman–Crippen MR) is 114 cm³/mol. The Morgan fingerprint density at radius 3 is 2.45 bits per heavy atom. The van der Waals surface area contributed by atoms with Gasteiger partial charge in [-0.1, -0.05) is 6.07 Å². The number of anilines is 1. The van der Waals surface area contributed by atoms with Crippen LogP contribution < -0.4 is 5.32 Å². The Morgan fingerprint density at radius 1 is 1.03 bits per heavy atom. The van der Waals surface area contributed by atoms with Crippen LogP contribution in [0.25, 0.3) is 11.4 Å². The van der Waals surface area contributed by atoms with Crippen LogP contribution in [0.3, 0.4) is 0 Å². The number of aryl methyl sites for hydroxylation is 1. The molecule has 4 heterocycles. The van der Waals surface area contributed by atoms with Gasteiger partial charge in [-0.15, -0.1) is 0 Å². The molecular weight excluding hydrogens is 433 g/mol. The number of hydrogen-bond donors (Lipinski definition) is 1. The van der Waals surface area contributed by atoms with E-state index in [2.05, 4.69) is 25.3 Å². The Balaban J connectivity index is 1.37. The summed E-state index contributed by atoms with van der Waals surface area (Å²) in [5, 5.41) is 3.18. The monoisotopic (exact) mass is 454 g/mol. The third-order valence-electron chi connectivity index (χ3n) is 6.29. The Hall–Kier alpha value is -3.56. The molecule has 3 unspecified atom stereocenters. The first-order chi connectivity index (χ1) is 15.8. The number of piperidine rings is 1. The molecule has 2 aliphatic rings. The van der Waals surface area contributed by atoms with Gasteiger partial charge in [0.2, 0.25) is 0 Å². The smallest absolute Gasteiger partial charge is 0.364 e. The molecule has 3 aromatic heterocycles. The van der Waals surface area contributed by atoms with Gasteiger partial charge in [0, 0.05) is 25.0 Å². The largest absolute Gasteiger partial charge is 0.434 e. The first-order valence-electron chi connectivity index (χ1n) is 10.6. The summed E-state index contributed by atoms with van der Waals surface area (Å²) in [6.45, 7) is 2.56. The van der Waals surface area contributed by atoms with E-state index in [0.29, 0.717) is 29.4 Å². The summed E-state index contributed by atoms with van der Waals surface area (Å²) in [5.41, 5.74) is 1.59. The lowest BCUT2D eigenvalue weighted by Gasteiger charge is -2.34. The number of amides is 1. The van der Waals surface area contributed by atoms with Crippen molar-refractivity contribution in [2.75, 3.05) is 11.9 Å². The van der Waals surface area contributed by atoms with E-state index in [1.807, 2.05) is 24.0 Å². The normalized spacial score (nSPS) is 21.9. The van der Waals surface area contributed by atoms with Gasteiger partial charge >= 0.3 is 6.18 Å². The molecule has 1 saturated carbocycles. The lowest BCUT2D eigenvalue weighted by Crippen LogP contribution is -2.48. The number of carbonyl (C=O) groups excluding carboxylic acids is 1. The average Bonchev–Trinajstić information content (AvgIpc) is 3.39. The van der Waals surface area contributed by atoms with Crippen molar-refractivity contribution in [2.24, 2.45) is 5.92 Å². The topological polar surface area (TPSA) is 83.9 Å². The van der Waals surface area contributed by atoms with Crippen LogP contribution in [0, 0.1) is 12.8 Å². The maximum Gasteiger partial charge on any atom is 0.434 e. The molecule has 33 heavy (non-hydrogen) atoms. The first kappa shape index (κ1) is 21.3. The number of halogens is 3. The second-order valence-corrected chi connectivity index (χ2v) is 8.47. The number of likely N-dealkylation sites (tertiary alicyclic amines) is 1. The Morgan fingerprint density at radius 2 is 1.79 bits per heavy atom. The summed E-state index contributed by atoms with van der Waals surface area (Å²) in [6.07, 6.45) is 2.23. The van der Waals surface area contributed by atoms with Crippen molar-refractivity contribution in [1.29, 1.82) is 0 Å². The van der Waals surface area contributed by atoms with Gasteiger partial charge in [-0.3, -0.25) is 14.8 Å². The average molecular weight is 454 g/mol. The highest BCUT2D eigenvalue weighted by molar-refractivity contribution is 6.00. The molecule has 2 fully saturated rings. The number of hydrogen-bond acceptors (Lipinski definition) is 6. The second-order valence-electron chi connectivity index (χ2n) is 8.47. The van der Waals surface area contributed by atoms with Gasteiger partial charge in [-0.2, -0.15) is 13.2 Å². The van der Waals surface area contributed by atoms with E-state index in [0.717, 1.165) is 30.8 Å². The molecule has 3 atom stereocenters. The lowest BCUT2D eigenvalue weighted by atomic mass is 10.0. The molecule has 7 nitrogen and oxygen atoms in total. The summed E-state index contributed by atoms with van der Waals surface area (Å²) >= 11 is 0. The summed E-state index contributed by atoms with van der Waals surface area (Å²) in [6, 6.07) is 7.04. The predicted octanol–water partition coefficient (Wildman–Crippen LogP) is 3.98. The standard InChI is InChI=1S/C23H21F3N6O/c1-13-4-2-6-27-20(13)21-15(5-3-7-28-21)22(33)32-12-14-8-16(17(32)9-14)31-19-11-29-18(10-30-19)23(24,25)26/h2-7,10-11,14,16-17H,8-9,12H2,1H3,(H,30,31). The van der Waals surface area contributed by atoms with Gasteiger partial charge in [0.05, 0.1) is 29.7 Å². The second kappa shape index (κ2) is 8.09. The van der Waals surface area contributed by atoms with E-state index in [1.54, 1.807) is 24.5 Å². The van der Waals surface area contributed by atoms with Gasteiger partial charge < -0.3 is 10.2 Å². The van der Waals surface area contributed by atoms with Gasteiger partial charge in [0.25, 0.3) is 5.91 Å². The number of aromatic nitrogens is 4. The molecule has 0 radical (unpaired) electrons. The molecule has 1 saturated heterocycles. The molecule has 5 rings (SSSR count). The molecule has 1 aliphatic heterocycles. The van der Waals surface area contributed by atoms with Gasteiger partial charge in [-0.25, -0.2) is 9.97 Å². The fourth-order valence-corrected chi connectivity index (χ4v) is 4.81.